The number of rotatable bonds is 23. The second-order valence-electron chi connectivity index (χ2n) is 17.1. The number of aromatic hydroxyl groups is 3. The van der Waals surface area contributed by atoms with Crippen LogP contribution in [0.15, 0.2) is 160 Å². The molecule has 0 aliphatic rings. The molecule has 0 heterocycles. The van der Waals surface area contributed by atoms with E-state index in [1.54, 1.807) is 0 Å². The molecule has 0 radical (unpaired) electrons. The SMILES string of the molecule is COc1ccc(N=Nc2c(S(=O)(=O)O)cc3c(S(=O)(=O)O)c(N=Nc4c(S(=O)(=O)O)cc5cc(OS(=O)O)c(N=Nc6ccc7c(O)c(N=Nc8ccc(OC)cc8S(=O)(=O)O)c(SOOO)cc7c6S(=O)(=O)O)c(O)c5c4N)ccc3c2O)c(SOOO)c1. The predicted octanol–water partition coefficient (Wildman–Crippen LogP) is 10.1. The number of methoxy groups -OCH3 is 2. The molecule has 476 valence electrons. The van der Waals surface area contributed by atoms with Crippen molar-refractivity contribution >= 4 is 170 Å². The highest BCUT2D eigenvalue weighted by molar-refractivity contribution is 7.95. The fraction of sp³-hybridized carbons (Fsp3) is 0.0455. The number of phenols is 3. The summed E-state index contributed by atoms with van der Waals surface area (Å²) in [5.74, 6) is -4.40. The number of hydrogen-bond donors (Lipinski definition) is 12. The quantitative estimate of drug-likeness (QED) is 0.00538. The monoisotopic (exact) mass is 1410 g/mol. The van der Waals surface area contributed by atoms with Crippen LogP contribution in [-0.2, 0) is 80.7 Å². The lowest BCUT2D eigenvalue weighted by molar-refractivity contribution is -0.432. The molecule has 1 unspecified atom stereocenters. The molecule has 0 bridgehead atoms. The van der Waals surface area contributed by atoms with Crippen LogP contribution >= 0.6 is 24.1 Å². The third kappa shape index (κ3) is 14.3. The van der Waals surface area contributed by atoms with Gasteiger partial charge in [-0.05, 0) is 84.2 Å². The van der Waals surface area contributed by atoms with Crippen molar-refractivity contribution in [1.29, 1.82) is 0 Å². The maximum atomic E-state index is 13.2. The maximum Gasteiger partial charge on any atom is 0.357 e. The highest BCUT2D eigenvalue weighted by Gasteiger charge is 2.31. The Bertz CT molecular complexity index is 5060. The van der Waals surface area contributed by atoms with Crippen LogP contribution in [0, 0.1) is 0 Å². The topological polar surface area (TPSA) is 600 Å². The van der Waals surface area contributed by atoms with Crippen LogP contribution in [0.5, 0.6) is 34.5 Å². The van der Waals surface area contributed by atoms with Gasteiger partial charge in [0, 0.05) is 27.6 Å². The molecular weight excluding hydrogens is 1380 g/mol. The van der Waals surface area contributed by atoms with E-state index in [9.17, 15) is 88.9 Å². The molecule has 8 aromatic carbocycles. The van der Waals surface area contributed by atoms with Crippen LogP contribution < -0.4 is 19.4 Å². The number of benzene rings is 8. The minimum atomic E-state index is -5.73. The zero-order chi connectivity index (χ0) is 66.2. The number of hydrogen-bond acceptors (Lipinski definition) is 34. The minimum Gasteiger partial charge on any atom is -0.505 e. The van der Waals surface area contributed by atoms with Gasteiger partial charge < -0.3 is 34.7 Å². The first-order valence-electron chi connectivity index (χ1n) is 22.9. The Labute approximate surface area is 512 Å². The molecule has 0 aliphatic heterocycles. The van der Waals surface area contributed by atoms with Gasteiger partial charge in [-0.25, -0.2) is 10.5 Å². The normalized spacial score (nSPS) is 13.3. The number of fused-ring (bicyclic) bond motifs is 3. The van der Waals surface area contributed by atoms with Crippen molar-refractivity contribution in [3.63, 3.8) is 0 Å². The van der Waals surface area contributed by atoms with Gasteiger partial charge in [0.25, 0.3) is 50.6 Å². The average Bonchev–Trinajstić information content (AvgIpc) is 0.761. The second kappa shape index (κ2) is 26.2. The van der Waals surface area contributed by atoms with Crippen molar-refractivity contribution < 1.29 is 132 Å². The van der Waals surface area contributed by atoms with Gasteiger partial charge >= 0.3 is 11.4 Å². The summed E-state index contributed by atoms with van der Waals surface area (Å²) in [5.41, 5.74) is -1.34. The third-order valence-electron chi connectivity index (χ3n) is 11.8. The van der Waals surface area contributed by atoms with Gasteiger partial charge in [0.2, 0.25) is 0 Å². The van der Waals surface area contributed by atoms with E-state index in [1.807, 2.05) is 0 Å². The third-order valence-corrected chi connectivity index (χ3v) is 17.9. The highest BCUT2D eigenvalue weighted by atomic mass is 32.2. The number of nitrogen functional groups attached to an aromatic ring is 1. The van der Waals surface area contributed by atoms with Crippen molar-refractivity contribution in [3.8, 4) is 34.5 Å². The lowest BCUT2D eigenvalue weighted by Gasteiger charge is -2.15. The Hall–Kier alpha value is -8.34. The Morgan fingerprint density at radius 3 is 1.42 bits per heavy atom. The lowest BCUT2D eigenvalue weighted by Crippen LogP contribution is -2.04. The zero-order valence-electron chi connectivity index (χ0n) is 43.8. The Kier molecular flexibility index (Phi) is 19.7. The van der Waals surface area contributed by atoms with Crippen LogP contribution in [0.2, 0.25) is 0 Å². The molecule has 90 heavy (non-hydrogen) atoms. The van der Waals surface area contributed by atoms with Crippen LogP contribution in [0.4, 0.5) is 51.2 Å². The average molecular weight is 1410 g/mol. The summed E-state index contributed by atoms with van der Waals surface area (Å²) in [6.45, 7) is 0. The van der Waals surface area contributed by atoms with Crippen molar-refractivity contribution in [2.24, 2.45) is 40.9 Å². The fourth-order valence-electron chi connectivity index (χ4n) is 8.16. The first kappa shape index (κ1) is 67.6. The molecule has 0 spiro atoms. The van der Waals surface area contributed by atoms with Gasteiger partial charge in [-0.2, -0.15) is 46.3 Å². The van der Waals surface area contributed by atoms with Crippen LogP contribution in [0.25, 0.3) is 32.3 Å². The van der Waals surface area contributed by atoms with E-state index in [1.165, 1.54) is 38.5 Å². The van der Waals surface area contributed by atoms with E-state index in [4.69, 9.17) is 29.9 Å². The van der Waals surface area contributed by atoms with Gasteiger partial charge in [0.1, 0.15) is 75.8 Å². The van der Waals surface area contributed by atoms with Gasteiger partial charge in [-0.1, -0.05) is 10.1 Å². The fourth-order valence-corrected chi connectivity index (χ4v) is 13.0. The van der Waals surface area contributed by atoms with Crippen LogP contribution in [0.1, 0.15) is 0 Å². The van der Waals surface area contributed by atoms with Crippen molar-refractivity contribution in [2.75, 3.05) is 20.0 Å². The smallest absolute Gasteiger partial charge is 0.357 e. The first-order chi connectivity index (χ1) is 42.1. The molecule has 0 saturated heterocycles. The summed E-state index contributed by atoms with van der Waals surface area (Å²) in [4.78, 5) is -6.72. The minimum absolute atomic E-state index is 0.00725. The largest absolute Gasteiger partial charge is 0.505 e. The first-order valence-corrected chi connectivity index (χ1v) is 32.6. The molecule has 0 fully saturated rings. The van der Waals surface area contributed by atoms with Gasteiger partial charge in [-0.15, -0.1) is 49.6 Å². The Balaban J connectivity index is 1.29. The van der Waals surface area contributed by atoms with E-state index in [0.29, 0.717) is 36.3 Å². The van der Waals surface area contributed by atoms with Gasteiger partial charge in [0.05, 0.1) is 59.2 Å². The number of nitrogens with two attached hydrogens (primary N) is 1. The molecule has 0 saturated carbocycles. The lowest BCUT2D eigenvalue weighted by atomic mass is 10.0. The Morgan fingerprint density at radius 2 is 0.900 bits per heavy atom. The van der Waals surface area contributed by atoms with Crippen molar-refractivity contribution in [3.05, 3.63) is 84.9 Å². The molecule has 46 heteroatoms. The number of ether oxygens (including phenoxy) is 2. The summed E-state index contributed by atoms with van der Waals surface area (Å²) in [6, 6.07) is 12.5. The maximum absolute atomic E-state index is 13.2. The van der Waals surface area contributed by atoms with E-state index < -0.39 is 192 Å². The van der Waals surface area contributed by atoms with E-state index in [2.05, 4.69) is 59.7 Å². The number of azo groups is 4. The molecule has 8 rings (SSSR count). The van der Waals surface area contributed by atoms with E-state index in [-0.39, 0.29) is 34.1 Å². The number of nitrogens with zero attached hydrogens (tertiary/aromatic N) is 8. The standard InChI is InChI=1S/C44H33N9O29S8/c1-76-18-3-7-24(29(13-18)83-81-79-57)46-53-39-33(88(67,68)69)16-23-21(41(39)55)6-10-27(44(23)90(73,74)75)49-52-38-32(87(64,65)66)12-17-11-28(78-85(59)60)36(42(56)34(17)35(38)45)50-48-26-9-5-20-22(43(26)89(70,71)72)15-30(84-82-80-58)37(40(20)54)51-47-25-8-4-19(77-2)14-31(25)86(61,62)63/h3-16,54-58H,45H2,1-2H3,(H,59,60)(H,61,62,63)(H,64,65,66)(H,67,68,69)(H,70,71,72)(H,73,74,75). The summed E-state index contributed by atoms with van der Waals surface area (Å²) in [7, 11) is -25.0. The molecule has 38 nitrogen and oxygen atoms in total. The van der Waals surface area contributed by atoms with E-state index in [0.717, 1.165) is 36.4 Å². The number of anilines is 1. The Morgan fingerprint density at radius 1 is 0.456 bits per heavy atom. The van der Waals surface area contributed by atoms with Crippen LogP contribution in [-0.4, -0.2) is 114 Å². The molecule has 13 N–H and O–H groups in total. The molecule has 0 aliphatic carbocycles. The molecular formula is C44H33N9O29S8. The molecule has 0 aromatic heterocycles. The van der Waals surface area contributed by atoms with Crippen molar-refractivity contribution in [2.45, 2.75) is 34.3 Å². The van der Waals surface area contributed by atoms with Gasteiger partial charge in [0.15, 0.2) is 28.7 Å². The predicted molar refractivity (Wildman–Crippen MR) is 306 cm³/mol. The zero-order valence-corrected chi connectivity index (χ0v) is 50.3. The molecule has 1 atom stereocenters. The summed E-state index contributed by atoms with van der Waals surface area (Å²) >= 11 is -3.02. The van der Waals surface area contributed by atoms with Gasteiger partial charge in [-0.3, -0.25) is 27.3 Å². The van der Waals surface area contributed by atoms with E-state index >= 15 is 0 Å². The highest BCUT2D eigenvalue weighted by Crippen LogP contribution is 2.53. The van der Waals surface area contributed by atoms with Crippen molar-refractivity contribution in [1.82, 2.24) is 0 Å². The summed E-state index contributed by atoms with van der Waals surface area (Å²) in [6.07, 6.45) is 0. The second-order valence-corrected chi connectivity index (χ2v) is 26.0. The number of phenolic OH excluding ortho intramolecular Hbond substituents is 3. The molecule has 8 aromatic rings. The van der Waals surface area contributed by atoms with Crippen LogP contribution in [0.3, 0.4) is 0 Å². The molecule has 0 amide bonds. The summed E-state index contributed by atoms with van der Waals surface area (Å²) in [5, 5.41) is 85.4. The summed E-state index contributed by atoms with van der Waals surface area (Å²) < 4.78 is 226.